The van der Waals surface area contributed by atoms with Crippen molar-refractivity contribution in [3.05, 3.63) is 0 Å². The Labute approximate surface area is 113 Å². The molecular formula is C12H22ClNO4. The van der Waals surface area contributed by atoms with Crippen molar-refractivity contribution in [1.82, 2.24) is 4.90 Å². The van der Waals surface area contributed by atoms with E-state index in [9.17, 15) is 9.59 Å². The summed E-state index contributed by atoms with van der Waals surface area (Å²) in [5, 5.41) is 0. The summed E-state index contributed by atoms with van der Waals surface area (Å²) in [5.74, 6) is -0.206. The van der Waals surface area contributed by atoms with Crippen LogP contribution in [-0.2, 0) is 14.3 Å². The summed E-state index contributed by atoms with van der Waals surface area (Å²) in [6.45, 7) is 7.27. The average molecular weight is 280 g/mol. The lowest BCUT2D eigenvalue weighted by molar-refractivity contribution is -0.148. The van der Waals surface area contributed by atoms with Gasteiger partial charge in [-0.2, -0.15) is 0 Å². The number of hydrogen-bond acceptors (Lipinski definition) is 4. The summed E-state index contributed by atoms with van der Waals surface area (Å²) >= 11 is 5.64. The molecule has 0 aliphatic carbocycles. The SMILES string of the molecule is CCOC(=O)C(CCCl)N(C)C(=O)OC(C)(C)C. The Bertz CT molecular complexity index is 288. The number of carbonyl (C=O) groups is 2. The molecule has 0 aromatic rings. The molecule has 0 aliphatic heterocycles. The fourth-order valence-electron chi connectivity index (χ4n) is 1.27. The number of likely N-dealkylation sites (N-methyl/N-ethyl adjacent to an activating group) is 1. The van der Waals surface area contributed by atoms with E-state index in [-0.39, 0.29) is 12.5 Å². The van der Waals surface area contributed by atoms with Gasteiger partial charge in [0.1, 0.15) is 11.6 Å². The molecular weight excluding hydrogens is 258 g/mol. The van der Waals surface area contributed by atoms with E-state index < -0.39 is 23.7 Å². The first-order chi connectivity index (χ1) is 8.22. The van der Waals surface area contributed by atoms with Crippen molar-refractivity contribution in [3.63, 3.8) is 0 Å². The van der Waals surface area contributed by atoms with Gasteiger partial charge in [0.2, 0.25) is 0 Å². The van der Waals surface area contributed by atoms with Crippen LogP contribution in [0.2, 0.25) is 0 Å². The third-order valence-corrected chi connectivity index (χ3v) is 2.31. The van der Waals surface area contributed by atoms with E-state index in [2.05, 4.69) is 0 Å². The zero-order valence-electron chi connectivity index (χ0n) is 11.7. The Morgan fingerprint density at radius 1 is 1.33 bits per heavy atom. The Morgan fingerprint density at radius 3 is 2.28 bits per heavy atom. The van der Waals surface area contributed by atoms with Crippen LogP contribution in [0.3, 0.4) is 0 Å². The minimum atomic E-state index is -0.711. The highest BCUT2D eigenvalue weighted by Crippen LogP contribution is 2.13. The van der Waals surface area contributed by atoms with Gasteiger partial charge in [-0.15, -0.1) is 11.6 Å². The van der Waals surface area contributed by atoms with Gasteiger partial charge in [0.15, 0.2) is 0 Å². The van der Waals surface area contributed by atoms with Gasteiger partial charge >= 0.3 is 12.1 Å². The third kappa shape index (κ3) is 6.10. The quantitative estimate of drug-likeness (QED) is 0.573. The standard InChI is InChI=1S/C12H22ClNO4/c1-6-17-10(15)9(7-8-13)14(5)11(16)18-12(2,3)4/h9H,6-8H2,1-5H3. The molecule has 0 radical (unpaired) electrons. The molecule has 0 heterocycles. The zero-order valence-corrected chi connectivity index (χ0v) is 12.4. The summed E-state index contributed by atoms with van der Waals surface area (Å²) < 4.78 is 10.1. The number of esters is 1. The predicted octanol–water partition coefficient (Wildman–Crippen LogP) is 2.41. The van der Waals surface area contributed by atoms with Crippen LogP contribution in [-0.4, -0.2) is 48.1 Å². The number of amides is 1. The molecule has 6 heteroatoms. The molecule has 0 aliphatic rings. The first-order valence-corrected chi connectivity index (χ1v) is 6.44. The van der Waals surface area contributed by atoms with Crippen molar-refractivity contribution in [1.29, 1.82) is 0 Å². The summed E-state index contributed by atoms with van der Waals surface area (Å²) in [6, 6.07) is -0.711. The first kappa shape index (κ1) is 17.0. The zero-order chi connectivity index (χ0) is 14.3. The molecule has 0 saturated heterocycles. The van der Waals surface area contributed by atoms with E-state index in [1.165, 1.54) is 11.9 Å². The molecule has 1 unspecified atom stereocenters. The molecule has 0 rings (SSSR count). The van der Waals surface area contributed by atoms with Gasteiger partial charge in [-0.05, 0) is 34.1 Å². The van der Waals surface area contributed by atoms with Gasteiger partial charge in [-0.1, -0.05) is 0 Å². The molecule has 0 saturated carbocycles. The first-order valence-electron chi connectivity index (χ1n) is 5.91. The Hall–Kier alpha value is -0.970. The molecule has 0 aromatic carbocycles. The maximum atomic E-state index is 11.8. The van der Waals surface area contributed by atoms with Crippen LogP contribution in [0, 0.1) is 0 Å². The number of hydrogen-bond donors (Lipinski definition) is 0. The van der Waals surface area contributed by atoms with E-state index >= 15 is 0 Å². The van der Waals surface area contributed by atoms with Crippen LogP contribution in [0.15, 0.2) is 0 Å². The normalized spacial score (nSPS) is 12.8. The van der Waals surface area contributed by atoms with Crippen molar-refractivity contribution >= 4 is 23.7 Å². The summed E-state index contributed by atoms with van der Waals surface area (Å²) in [7, 11) is 1.50. The fourth-order valence-corrected chi connectivity index (χ4v) is 1.48. The highest BCUT2D eigenvalue weighted by atomic mass is 35.5. The van der Waals surface area contributed by atoms with Gasteiger partial charge in [0, 0.05) is 12.9 Å². The predicted molar refractivity (Wildman–Crippen MR) is 69.8 cm³/mol. The summed E-state index contributed by atoms with van der Waals surface area (Å²) in [5.41, 5.74) is -0.606. The van der Waals surface area contributed by atoms with Crippen molar-refractivity contribution in [2.45, 2.75) is 45.8 Å². The van der Waals surface area contributed by atoms with Crippen LogP contribution >= 0.6 is 11.6 Å². The Kier molecular flexibility index (Phi) is 7.06. The molecule has 5 nitrogen and oxygen atoms in total. The molecule has 0 bridgehead atoms. The van der Waals surface area contributed by atoms with Gasteiger partial charge in [0.05, 0.1) is 6.61 Å². The number of carbonyl (C=O) groups excluding carboxylic acids is 2. The molecule has 1 atom stereocenters. The van der Waals surface area contributed by atoms with Crippen LogP contribution in [0.4, 0.5) is 4.79 Å². The largest absolute Gasteiger partial charge is 0.464 e. The molecule has 18 heavy (non-hydrogen) atoms. The summed E-state index contributed by atoms with van der Waals surface area (Å²) in [4.78, 5) is 24.8. The van der Waals surface area contributed by atoms with E-state index in [0.717, 1.165) is 0 Å². The second-order valence-corrected chi connectivity index (χ2v) is 5.21. The van der Waals surface area contributed by atoms with Gasteiger partial charge in [0.25, 0.3) is 0 Å². The second kappa shape index (κ2) is 7.46. The number of alkyl halides is 1. The molecule has 106 valence electrons. The van der Waals surface area contributed by atoms with Crippen LogP contribution in [0.1, 0.15) is 34.1 Å². The van der Waals surface area contributed by atoms with Crippen LogP contribution < -0.4 is 0 Å². The van der Waals surface area contributed by atoms with Gasteiger partial charge < -0.3 is 9.47 Å². The van der Waals surface area contributed by atoms with Crippen molar-refractivity contribution in [2.24, 2.45) is 0 Å². The highest BCUT2D eigenvalue weighted by molar-refractivity contribution is 6.18. The second-order valence-electron chi connectivity index (χ2n) is 4.84. The lowest BCUT2D eigenvalue weighted by Crippen LogP contribution is -2.45. The lowest BCUT2D eigenvalue weighted by Gasteiger charge is -2.29. The third-order valence-electron chi connectivity index (χ3n) is 2.09. The number of nitrogens with zero attached hydrogens (tertiary/aromatic N) is 1. The molecule has 0 spiro atoms. The van der Waals surface area contributed by atoms with E-state index in [4.69, 9.17) is 21.1 Å². The van der Waals surface area contributed by atoms with Crippen molar-refractivity contribution in [3.8, 4) is 0 Å². The lowest BCUT2D eigenvalue weighted by atomic mass is 10.2. The molecule has 0 N–H and O–H groups in total. The Morgan fingerprint density at radius 2 is 1.89 bits per heavy atom. The van der Waals surface area contributed by atoms with Gasteiger partial charge in [-0.25, -0.2) is 9.59 Å². The smallest absolute Gasteiger partial charge is 0.410 e. The van der Waals surface area contributed by atoms with E-state index in [0.29, 0.717) is 6.42 Å². The van der Waals surface area contributed by atoms with Crippen molar-refractivity contribution in [2.75, 3.05) is 19.5 Å². The fraction of sp³-hybridized carbons (Fsp3) is 0.833. The van der Waals surface area contributed by atoms with Crippen molar-refractivity contribution < 1.29 is 19.1 Å². The number of ether oxygens (including phenoxy) is 2. The van der Waals surface area contributed by atoms with Crippen LogP contribution in [0.5, 0.6) is 0 Å². The topological polar surface area (TPSA) is 55.8 Å². The summed E-state index contributed by atoms with van der Waals surface area (Å²) in [6.07, 6.45) is -0.235. The molecule has 1 amide bonds. The minimum absolute atomic E-state index is 0.261. The molecule has 0 fully saturated rings. The maximum absolute atomic E-state index is 11.8. The maximum Gasteiger partial charge on any atom is 0.410 e. The number of rotatable bonds is 5. The highest BCUT2D eigenvalue weighted by Gasteiger charge is 2.30. The Balaban J connectivity index is 4.69. The number of halogens is 1. The average Bonchev–Trinajstić information content (AvgIpc) is 2.22. The minimum Gasteiger partial charge on any atom is -0.464 e. The van der Waals surface area contributed by atoms with Crippen LogP contribution in [0.25, 0.3) is 0 Å². The molecule has 0 aromatic heterocycles. The monoisotopic (exact) mass is 279 g/mol. The van der Waals surface area contributed by atoms with E-state index in [1.807, 2.05) is 0 Å². The van der Waals surface area contributed by atoms with Gasteiger partial charge in [-0.3, -0.25) is 4.90 Å². The van der Waals surface area contributed by atoms with E-state index in [1.54, 1.807) is 27.7 Å².